The third-order valence-corrected chi connectivity index (χ3v) is 5.31. The van der Waals surface area contributed by atoms with E-state index in [2.05, 4.69) is 15.5 Å². The van der Waals surface area contributed by atoms with E-state index in [0.29, 0.717) is 26.6 Å². The molecule has 0 saturated heterocycles. The van der Waals surface area contributed by atoms with E-state index in [1.165, 1.54) is 11.8 Å². The molecule has 0 aliphatic carbocycles. The first-order valence-electron chi connectivity index (χ1n) is 7.95. The van der Waals surface area contributed by atoms with Crippen LogP contribution in [0.25, 0.3) is 5.69 Å². The van der Waals surface area contributed by atoms with Gasteiger partial charge in [0.05, 0.1) is 28.8 Å². The first kappa shape index (κ1) is 19.5. The number of halogens is 2. The van der Waals surface area contributed by atoms with Crippen molar-refractivity contribution in [1.82, 2.24) is 14.8 Å². The van der Waals surface area contributed by atoms with Gasteiger partial charge < -0.3 is 10.1 Å². The molecule has 3 aromatic rings. The molecule has 9 heteroatoms. The fourth-order valence-electron chi connectivity index (χ4n) is 2.34. The van der Waals surface area contributed by atoms with Gasteiger partial charge in [-0.2, -0.15) is 0 Å². The Kier molecular flexibility index (Phi) is 6.26. The van der Waals surface area contributed by atoms with Crippen LogP contribution in [0.2, 0.25) is 10.0 Å². The molecule has 0 fully saturated rings. The van der Waals surface area contributed by atoms with Gasteiger partial charge in [-0.25, -0.2) is 0 Å². The molecular formula is C18H16Cl2N4O2S. The van der Waals surface area contributed by atoms with Crippen LogP contribution in [0, 0.1) is 0 Å². The number of anilines is 1. The Hall–Kier alpha value is -2.22. The largest absolute Gasteiger partial charge is 0.495 e. The van der Waals surface area contributed by atoms with Crippen molar-refractivity contribution < 1.29 is 9.53 Å². The van der Waals surface area contributed by atoms with E-state index in [1.54, 1.807) is 43.1 Å². The second-order valence-corrected chi connectivity index (χ2v) is 7.68. The number of aromatic nitrogens is 3. The van der Waals surface area contributed by atoms with Gasteiger partial charge in [0.1, 0.15) is 12.1 Å². The van der Waals surface area contributed by atoms with Crippen LogP contribution in [0.3, 0.4) is 0 Å². The van der Waals surface area contributed by atoms with Crippen molar-refractivity contribution in [1.29, 1.82) is 0 Å². The molecule has 1 amide bonds. The minimum atomic E-state index is -0.436. The van der Waals surface area contributed by atoms with E-state index >= 15 is 0 Å². The van der Waals surface area contributed by atoms with E-state index in [4.69, 9.17) is 27.9 Å². The molecule has 0 aliphatic rings. The molecule has 140 valence electrons. The van der Waals surface area contributed by atoms with Crippen LogP contribution in [0.1, 0.15) is 6.92 Å². The first-order valence-corrected chi connectivity index (χ1v) is 9.59. The Balaban J connectivity index is 1.76. The average molecular weight is 423 g/mol. The van der Waals surface area contributed by atoms with Gasteiger partial charge in [0.2, 0.25) is 5.91 Å². The highest BCUT2D eigenvalue weighted by atomic mass is 35.5. The Morgan fingerprint density at radius 2 is 2.04 bits per heavy atom. The summed E-state index contributed by atoms with van der Waals surface area (Å²) in [5.74, 6) is 0.475. The third kappa shape index (κ3) is 4.55. The molecule has 0 aliphatic heterocycles. The molecular weight excluding hydrogens is 407 g/mol. The monoisotopic (exact) mass is 422 g/mol. The second kappa shape index (κ2) is 8.65. The Bertz CT molecular complexity index is 964. The number of carbonyl (C=O) groups is 1. The van der Waals surface area contributed by atoms with Crippen LogP contribution in [-0.2, 0) is 4.79 Å². The van der Waals surface area contributed by atoms with E-state index < -0.39 is 5.25 Å². The maximum Gasteiger partial charge on any atom is 0.237 e. The predicted octanol–water partition coefficient (Wildman–Crippen LogP) is 4.70. The predicted molar refractivity (Wildman–Crippen MR) is 108 cm³/mol. The van der Waals surface area contributed by atoms with E-state index in [-0.39, 0.29) is 5.91 Å². The number of nitrogens with zero attached hydrogens (tertiary/aromatic N) is 3. The minimum absolute atomic E-state index is 0.209. The third-order valence-electron chi connectivity index (χ3n) is 3.70. The summed E-state index contributed by atoms with van der Waals surface area (Å²) in [6.07, 6.45) is 1.58. The molecule has 0 saturated carbocycles. The van der Waals surface area contributed by atoms with E-state index in [1.807, 2.05) is 24.3 Å². The van der Waals surface area contributed by atoms with Gasteiger partial charge in [0.15, 0.2) is 5.16 Å². The lowest BCUT2D eigenvalue weighted by molar-refractivity contribution is -0.115. The molecule has 1 aromatic heterocycles. The van der Waals surface area contributed by atoms with Gasteiger partial charge in [-0.05, 0) is 37.3 Å². The highest BCUT2D eigenvalue weighted by Crippen LogP contribution is 2.30. The van der Waals surface area contributed by atoms with Crippen molar-refractivity contribution in [3.8, 4) is 11.4 Å². The molecule has 1 N–H and O–H groups in total. The first-order chi connectivity index (χ1) is 13.0. The molecule has 2 aromatic carbocycles. The normalized spacial score (nSPS) is 11.9. The summed E-state index contributed by atoms with van der Waals surface area (Å²) in [5, 5.41) is 11.9. The summed E-state index contributed by atoms with van der Waals surface area (Å²) >= 11 is 13.3. The number of thioether (sulfide) groups is 1. The molecule has 1 atom stereocenters. The van der Waals surface area contributed by atoms with Gasteiger partial charge in [0.25, 0.3) is 0 Å². The van der Waals surface area contributed by atoms with Crippen LogP contribution in [0.4, 0.5) is 5.69 Å². The second-order valence-electron chi connectivity index (χ2n) is 5.53. The lowest BCUT2D eigenvalue weighted by atomic mass is 10.3. The molecule has 27 heavy (non-hydrogen) atoms. The molecule has 0 spiro atoms. The van der Waals surface area contributed by atoms with Gasteiger partial charge >= 0.3 is 0 Å². The summed E-state index contributed by atoms with van der Waals surface area (Å²) in [6.45, 7) is 1.78. The number of amides is 1. The standard InChI is InChI=1S/C18H16Cl2N4O2S/c1-11(17(25)22-14-8-7-12(19)9-13(14)20)27-18-23-21-10-24(18)15-5-3-4-6-16(15)26-2/h3-11H,1-2H3,(H,22,25). The number of hydrogen-bond donors (Lipinski definition) is 1. The van der Waals surface area contributed by atoms with Crippen molar-refractivity contribution in [3.05, 3.63) is 58.8 Å². The van der Waals surface area contributed by atoms with Gasteiger partial charge in [-0.1, -0.05) is 47.1 Å². The number of nitrogens with one attached hydrogen (secondary N) is 1. The smallest absolute Gasteiger partial charge is 0.237 e. The number of methoxy groups -OCH3 is 1. The average Bonchev–Trinajstić information content (AvgIpc) is 3.11. The Labute approximate surface area is 170 Å². The summed E-state index contributed by atoms with van der Waals surface area (Å²) < 4.78 is 7.17. The van der Waals surface area contributed by atoms with Crippen molar-refractivity contribution >= 4 is 46.6 Å². The van der Waals surface area contributed by atoms with Gasteiger partial charge in [-0.15, -0.1) is 10.2 Å². The summed E-state index contributed by atoms with van der Waals surface area (Å²) in [4.78, 5) is 12.5. The number of carbonyl (C=O) groups excluding carboxylic acids is 1. The number of benzene rings is 2. The molecule has 0 radical (unpaired) electrons. The number of para-hydroxylation sites is 2. The highest BCUT2D eigenvalue weighted by molar-refractivity contribution is 8.00. The van der Waals surface area contributed by atoms with Gasteiger partial charge in [-0.3, -0.25) is 9.36 Å². The fourth-order valence-corrected chi connectivity index (χ4v) is 3.63. The lowest BCUT2D eigenvalue weighted by Crippen LogP contribution is -2.23. The molecule has 0 bridgehead atoms. The topological polar surface area (TPSA) is 69.0 Å². The van der Waals surface area contributed by atoms with Gasteiger partial charge in [0, 0.05) is 5.02 Å². The van der Waals surface area contributed by atoms with Crippen LogP contribution in [-0.4, -0.2) is 33.0 Å². The quantitative estimate of drug-likeness (QED) is 0.582. The van der Waals surface area contributed by atoms with Crippen molar-refractivity contribution in [2.45, 2.75) is 17.3 Å². The van der Waals surface area contributed by atoms with Crippen molar-refractivity contribution in [2.24, 2.45) is 0 Å². The summed E-state index contributed by atoms with van der Waals surface area (Å²) in [6, 6.07) is 12.4. The van der Waals surface area contributed by atoms with Crippen LogP contribution < -0.4 is 10.1 Å². The molecule has 6 nitrogen and oxygen atoms in total. The zero-order valence-corrected chi connectivity index (χ0v) is 16.8. The molecule has 1 heterocycles. The lowest BCUT2D eigenvalue weighted by Gasteiger charge is -2.14. The summed E-state index contributed by atoms with van der Waals surface area (Å²) in [5.41, 5.74) is 1.30. The number of ether oxygens (including phenoxy) is 1. The van der Waals surface area contributed by atoms with E-state index in [0.717, 1.165) is 5.69 Å². The fraction of sp³-hybridized carbons (Fsp3) is 0.167. The van der Waals surface area contributed by atoms with Crippen LogP contribution in [0.15, 0.2) is 53.9 Å². The van der Waals surface area contributed by atoms with Crippen molar-refractivity contribution in [3.63, 3.8) is 0 Å². The van der Waals surface area contributed by atoms with Crippen LogP contribution in [0.5, 0.6) is 5.75 Å². The molecule has 1 unspecified atom stereocenters. The zero-order valence-electron chi connectivity index (χ0n) is 14.5. The number of rotatable bonds is 6. The highest BCUT2D eigenvalue weighted by Gasteiger charge is 2.20. The maximum atomic E-state index is 12.5. The minimum Gasteiger partial charge on any atom is -0.495 e. The maximum absolute atomic E-state index is 12.5. The zero-order chi connectivity index (χ0) is 19.4. The summed E-state index contributed by atoms with van der Waals surface area (Å²) in [7, 11) is 1.60. The van der Waals surface area contributed by atoms with E-state index in [9.17, 15) is 4.79 Å². The number of hydrogen-bond acceptors (Lipinski definition) is 5. The van der Waals surface area contributed by atoms with Crippen LogP contribution >= 0.6 is 35.0 Å². The molecule has 3 rings (SSSR count). The Morgan fingerprint density at radius 1 is 1.26 bits per heavy atom. The Morgan fingerprint density at radius 3 is 2.78 bits per heavy atom. The SMILES string of the molecule is COc1ccccc1-n1cnnc1SC(C)C(=O)Nc1ccc(Cl)cc1Cl. The van der Waals surface area contributed by atoms with Crippen molar-refractivity contribution in [2.75, 3.05) is 12.4 Å².